The van der Waals surface area contributed by atoms with E-state index in [1.807, 2.05) is 25.7 Å². The van der Waals surface area contributed by atoms with Crippen molar-refractivity contribution in [3.63, 3.8) is 0 Å². The molecule has 0 aromatic rings. The molecular weight excluding hydrogens is 618 g/mol. The lowest BCUT2D eigenvalue weighted by atomic mass is 9.76. The molecule has 0 bridgehead atoms. The van der Waals surface area contributed by atoms with E-state index in [0.717, 1.165) is 70.6 Å². The van der Waals surface area contributed by atoms with E-state index in [1.54, 1.807) is 0 Å². The number of ketones is 3. The highest BCUT2D eigenvalue weighted by atomic mass is 16.2. The smallest absolute Gasteiger partial charge is 0.245 e. The molecule has 9 nitrogen and oxygen atoms in total. The Labute approximate surface area is 294 Å². The van der Waals surface area contributed by atoms with Gasteiger partial charge in [0, 0.05) is 43.7 Å². The zero-order chi connectivity index (χ0) is 35.5. The number of nitrogens with zero attached hydrogens (tertiary/aromatic N) is 1. The number of rotatable bonds is 16. The summed E-state index contributed by atoms with van der Waals surface area (Å²) in [4.78, 5) is 82.7. The van der Waals surface area contributed by atoms with E-state index in [4.69, 9.17) is 0 Å². The number of nitrogens with one attached hydrogen (secondary N) is 2. The molecule has 3 amide bonds. The number of fused-ring (bicyclic) bond motifs is 1. The average Bonchev–Trinajstić information content (AvgIpc) is 3.40. The van der Waals surface area contributed by atoms with Crippen molar-refractivity contribution in [3.05, 3.63) is 0 Å². The Kier molecular flexibility index (Phi) is 12.4. The van der Waals surface area contributed by atoms with Crippen LogP contribution in [0.15, 0.2) is 0 Å². The van der Waals surface area contributed by atoms with Gasteiger partial charge >= 0.3 is 0 Å². The minimum absolute atomic E-state index is 0.0387. The fourth-order valence-electron chi connectivity index (χ4n) is 9.81. The number of amides is 3. The maximum Gasteiger partial charge on any atom is 0.245 e. The fraction of sp³-hybridized carbons (Fsp3) is 0.850. The van der Waals surface area contributed by atoms with Crippen LogP contribution in [-0.2, 0) is 28.8 Å². The highest BCUT2D eigenvalue weighted by Gasteiger charge is 2.51. The predicted octanol–water partition coefficient (Wildman–Crippen LogP) is 5.96. The molecule has 0 aromatic heterocycles. The SMILES string of the molecule is CCC[C@H](CC(C)[C@@H]1[C@H]2CCC[C@H]2CN1C(=O)[C@@H](NC(=O)[C@@H](CC(=O)[C@@H]1CCC(=O)N1)C1CCCCC1)C(C)(C)C)C(=O)C(=O)CC1CC1. The van der Waals surface area contributed by atoms with Crippen LogP contribution in [0.3, 0.4) is 0 Å². The molecule has 1 unspecified atom stereocenters. The number of hydrogen-bond donors (Lipinski definition) is 2. The molecule has 3 saturated carbocycles. The second-order valence-electron chi connectivity index (χ2n) is 17.6. The van der Waals surface area contributed by atoms with Crippen LogP contribution >= 0.6 is 0 Å². The van der Waals surface area contributed by atoms with Gasteiger partial charge in [-0.1, -0.05) is 66.7 Å². The molecule has 8 atom stereocenters. The second-order valence-corrected chi connectivity index (χ2v) is 17.6. The molecule has 2 N–H and O–H groups in total. The summed E-state index contributed by atoms with van der Waals surface area (Å²) in [6.45, 7) is 10.8. The maximum atomic E-state index is 14.8. The molecule has 9 heteroatoms. The van der Waals surface area contributed by atoms with E-state index >= 15 is 0 Å². The average molecular weight is 682 g/mol. The van der Waals surface area contributed by atoms with Gasteiger partial charge in [-0.25, -0.2) is 0 Å². The van der Waals surface area contributed by atoms with Crippen molar-refractivity contribution < 1.29 is 28.8 Å². The van der Waals surface area contributed by atoms with Gasteiger partial charge in [-0.05, 0) is 92.8 Å². The quantitative estimate of drug-likeness (QED) is 0.194. The summed E-state index contributed by atoms with van der Waals surface area (Å²) < 4.78 is 0. The van der Waals surface area contributed by atoms with Crippen LogP contribution in [0.1, 0.15) is 144 Å². The van der Waals surface area contributed by atoms with Gasteiger partial charge in [-0.3, -0.25) is 28.8 Å². The summed E-state index contributed by atoms with van der Waals surface area (Å²) in [5.74, 6) is -0.584. The summed E-state index contributed by atoms with van der Waals surface area (Å²) in [7, 11) is 0. The Morgan fingerprint density at radius 2 is 1.65 bits per heavy atom. The topological polar surface area (TPSA) is 130 Å². The third-order valence-corrected chi connectivity index (χ3v) is 12.7. The zero-order valence-electron chi connectivity index (χ0n) is 30.9. The van der Waals surface area contributed by atoms with Crippen molar-refractivity contribution in [2.75, 3.05) is 6.54 Å². The van der Waals surface area contributed by atoms with Gasteiger partial charge in [0.15, 0.2) is 11.6 Å². The molecule has 0 aromatic carbocycles. The normalized spacial score (nSPS) is 28.3. The van der Waals surface area contributed by atoms with Gasteiger partial charge in [-0.2, -0.15) is 0 Å². The van der Waals surface area contributed by atoms with E-state index in [9.17, 15) is 28.8 Å². The Hall–Kier alpha value is -2.58. The van der Waals surface area contributed by atoms with E-state index < -0.39 is 23.4 Å². The van der Waals surface area contributed by atoms with Crippen LogP contribution in [0.25, 0.3) is 0 Å². The zero-order valence-corrected chi connectivity index (χ0v) is 30.9. The van der Waals surface area contributed by atoms with Gasteiger partial charge in [0.25, 0.3) is 0 Å². The Morgan fingerprint density at radius 1 is 0.939 bits per heavy atom. The van der Waals surface area contributed by atoms with Crippen LogP contribution in [0.2, 0.25) is 0 Å². The molecule has 0 radical (unpaired) electrons. The Morgan fingerprint density at radius 3 is 2.27 bits per heavy atom. The predicted molar refractivity (Wildman–Crippen MR) is 188 cm³/mol. The summed E-state index contributed by atoms with van der Waals surface area (Å²) in [6, 6.07) is -1.35. The van der Waals surface area contributed by atoms with Crippen LogP contribution in [-0.4, -0.2) is 64.6 Å². The third kappa shape index (κ3) is 9.21. The Bertz CT molecular complexity index is 1250. The summed E-state index contributed by atoms with van der Waals surface area (Å²) >= 11 is 0. The number of carbonyl (C=O) groups excluding carboxylic acids is 6. The van der Waals surface area contributed by atoms with E-state index in [2.05, 4.69) is 24.5 Å². The fourth-order valence-corrected chi connectivity index (χ4v) is 9.81. The number of carbonyl (C=O) groups is 6. The minimum Gasteiger partial charge on any atom is -0.346 e. The first kappa shape index (κ1) is 37.7. The van der Waals surface area contributed by atoms with Crippen LogP contribution in [0.5, 0.6) is 0 Å². The van der Waals surface area contributed by atoms with Gasteiger partial charge in [0.2, 0.25) is 23.5 Å². The molecule has 3 aliphatic carbocycles. The lowest BCUT2D eigenvalue weighted by Crippen LogP contribution is -2.58. The molecule has 2 aliphatic heterocycles. The third-order valence-electron chi connectivity index (χ3n) is 12.7. The largest absolute Gasteiger partial charge is 0.346 e. The van der Waals surface area contributed by atoms with Crippen LogP contribution in [0, 0.1) is 46.8 Å². The van der Waals surface area contributed by atoms with Crippen LogP contribution < -0.4 is 10.6 Å². The lowest BCUT2D eigenvalue weighted by Gasteiger charge is -2.40. The van der Waals surface area contributed by atoms with Gasteiger partial charge in [-0.15, -0.1) is 0 Å². The van der Waals surface area contributed by atoms with Crippen molar-refractivity contribution in [2.24, 2.45) is 46.8 Å². The minimum atomic E-state index is -0.769. The number of hydrogen-bond acceptors (Lipinski definition) is 6. The summed E-state index contributed by atoms with van der Waals surface area (Å²) in [6.07, 6.45) is 13.6. The van der Waals surface area contributed by atoms with E-state index in [-0.39, 0.29) is 65.3 Å². The summed E-state index contributed by atoms with van der Waals surface area (Å²) in [5.41, 5.74) is -0.575. The summed E-state index contributed by atoms with van der Waals surface area (Å²) in [5, 5.41) is 5.99. The molecule has 5 rings (SSSR count). The van der Waals surface area contributed by atoms with Crippen molar-refractivity contribution in [1.29, 1.82) is 0 Å². The first-order chi connectivity index (χ1) is 23.3. The first-order valence-electron chi connectivity index (χ1n) is 19.8. The maximum absolute atomic E-state index is 14.8. The highest BCUT2D eigenvalue weighted by Crippen LogP contribution is 2.47. The van der Waals surface area contributed by atoms with Crippen molar-refractivity contribution >= 4 is 35.1 Å². The number of likely N-dealkylation sites (tertiary alicyclic amines) is 1. The van der Waals surface area contributed by atoms with Crippen molar-refractivity contribution in [1.82, 2.24) is 15.5 Å². The molecule has 274 valence electrons. The van der Waals surface area contributed by atoms with Crippen molar-refractivity contribution in [3.8, 4) is 0 Å². The molecule has 0 spiro atoms. The molecule has 5 aliphatic rings. The molecule has 2 heterocycles. The Balaban J connectivity index is 1.34. The number of Topliss-reactive ketones (excluding diaryl/α,β-unsaturated/α-hetero) is 3. The lowest BCUT2D eigenvalue weighted by molar-refractivity contribution is -0.144. The van der Waals surface area contributed by atoms with Crippen molar-refractivity contribution in [2.45, 2.75) is 162 Å². The molecule has 5 fully saturated rings. The van der Waals surface area contributed by atoms with Gasteiger partial charge in [0.05, 0.1) is 6.04 Å². The highest BCUT2D eigenvalue weighted by molar-refractivity contribution is 6.38. The van der Waals surface area contributed by atoms with E-state index in [1.165, 1.54) is 0 Å². The molecular formula is C40H63N3O6. The van der Waals surface area contributed by atoms with Gasteiger partial charge in [0.1, 0.15) is 6.04 Å². The van der Waals surface area contributed by atoms with Gasteiger partial charge < -0.3 is 15.5 Å². The monoisotopic (exact) mass is 681 g/mol. The molecule has 49 heavy (non-hydrogen) atoms. The first-order valence-corrected chi connectivity index (χ1v) is 19.8. The molecule has 2 saturated heterocycles. The standard InChI is InChI=1S/C40H63N3O6/c1-6-11-27(36(47)33(45)21-25-16-17-25)20-24(2)35-29-15-10-14-28(29)23-43(35)39(49)37(40(3,4)5)42-38(48)30(26-12-8-7-9-13-26)22-32(44)31-18-19-34(46)41-31/h24-31,35,37H,6-23H2,1-5H3,(H,41,46)(H,42,48)/t24?,27-,28+,29+,30+,31+,35-,37-/m1/s1. The second kappa shape index (κ2) is 16.2. The van der Waals surface area contributed by atoms with Crippen LogP contribution in [0.4, 0.5) is 0 Å². The van der Waals surface area contributed by atoms with E-state index in [0.29, 0.717) is 56.4 Å².